The van der Waals surface area contributed by atoms with Gasteiger partial charge in [0, 0.05) is 41.7 Å². The van der Waals surface area contributed by atoms with E-state index in [1.807, 2.05) is 39.0 Å². The number of anilines is 1. The lowest BCUT2D eigenvalue weighted by molar-refractivity contribution is -0.147. The van der Waals surface area contributed by atoms with Gasteiger partial charge >= 0.3 is 5.97 Å². The van der Waals surface area contributed by atoms with Crippen molar-refractivity contribution in [2.75, 3.05) is 18.5 Å². The molecule has 0 spiro atoms. The third-order valence-electron chi connectivity index (χ3n) is 9.93. The Morgan fingerprint density at radius 1 is 1.06 bits per heavy atom. The van der Waals surface area contributed by atoms with Gasteiger partial charge in [0.15, 0.2) is 5.78 Å². The molecule has 1 aliphatic carbocycles. The number of pyridine rings is 1. The molecule has 0 radical (unpaired) electrons. The van der Waals surface area contributed by atoms with E-state index >= 15 is 0 Å². The molecule has 13 nitrogen and oxygen atoms in total. The molecule has 4 aromatic rings. The second-order valence-electron chi connectivity index (χ2n) is 13.4. The summed E-state index contributed by atoms with van der Waals surface area (Å²) in [7, 11) is 0. The number of ether oxygens (including phenoxy) is 1. The van der Waals surface area contributed by atoms with E-state index in [-0.39, 0.29) is 54.5 Å². The molecular formula is C35H37BrN8O5. The standard InChI is InChI=1S/C35H37BrN8O5/c1-18-7-8-28(36)40-32(18)41-33(47)26-12-35(17-49-34(48)25-6-5-9-37-25)13-27(35)44(26)29(46)16-43-31-19(2)10-22(23-14-38-21(4)39-15-23)11-24(31)30(42-43)20(3)45/h7-8,10-11,14-15,25-27,37H,5-6,9,12-13,16-17H2,1-4H3,(H,40,41,47)/t25-,26-,27+,35+/m0/s1. The highest BCUT2D eigenvalue weighted by atomic mass is 79.9. The van der Waals surface area contributed by atoms with Crippen molar-refractivity contribution in [3.63, 3.8) is 0 Å². The summed E-state index contributed by atoms with van der Waals surface area (Å²) in [5.41, 5.74) is 3.60. The van der Waals surface area contributed by atoms with Gasteiger partial charge in [0.2, 0.25) is 11.8 Å². The van der Waals surface area contributed by atoms with Gasteiger partial charge in [-0.25, -0.2) is 15.0 Å². The number of rotatable bonds is 9. The van der Waals surface area contributed by atoms with Crippen LogP contribution in [0.25, 0.3) is 22.0 Å². The quantitative estimate of drug-likeness (QED) is 0.146. The third-order valence-corrected chi connectivity index (χ3v) is 10.4. The van der Waals surface area contributed by atoms with Crippen LogP contribution in [0.4, 0.5) is 5.82 Å². The summed E-state index contributed by atoms with van der Waals surface area (Å²) in [6.45, 7) is 7.73. The van der Waals surface area contributed by atoms with Gasteiger partial charge < -0.3 is 20.3 Å². The Balaban J connectivity index is 1.19. The number of amides is 2. The molecule has 1 saturated carbocycles. The number of hydrogen-bond donors (Lipinski definition) is 2. The topological polar surface area (TPSA) is 161 Å². The predicted octanol–water partition coefficient (Wildman–Crippen LogP) is 4.07. The van der Waals surface area contributed by atoms with Crippen molar-refractivity contribution in [1.29, 1.82) is 0 Å². The van der Waals surface area contributed by atoms with E-state index in [1.165, 1.54) is 6.92 Å². The Hall–Kier alpha value is -4.56. The van der Waals surface area contributed by atoms with Crippen LogP contribution in [0.1, 0.15) is 60.0 Å². The summed E-state index contributed by atoms with van der Waals surface area (Å²) in [6.07, 6.45) is 6.06. The van der Waals surface area contributed by atoms with Crippen molar-refractivity contribution in [3.8, 4) is 11.1 Å². The van der Waals surface area contributed by atoms with Crippen LogP contribution in [-0.4, -0.2) is 84.5 Å². The number of carbonyl (C=O) groups excluding carboxylic acids is 4. The Morgan fingerprint density at radius 3 is 2.55 bits per heavy atom. The molecule has 2 saturated heterocycles. The zero-order chi connectivity index (χ0) is 34.6. The van der Waals surface area contributed by atoms with E-state index < -0.39 is 11.5 Å². The number of carbonyl (C=O) groups is 4. The number of esters is 1. The average Bonchev–Trinajstić information content (AvgIpc) is 3.43. The fourth-order valence-electron chi connectivity index (χ4n) is 7.27. The highest BCUT2D eigenvalue weighted by molar-refractivity contribution is 9.10. The predicted molar refractivity (Wildman–Crippen MR) is 184 cm³/mol. The number of nitrogens with one attached hydrogen (secondary N) is 2. The smallest absolute Gasteiger partial charge is 0.323 e. The number of ketones is 1. The summed E-state index contributed by atoms with van der Waals surface area (Å²) in [4.78, 5) is 68.5. The van der Waals surface area contributed by atoms with Crippen LogP contribution >= 0.6 is 15.9 Å². The van der Waals surface area contributed by atoms with Crippen LogP contribution in [0.5, 0.6) is 0 Å². The fraction of sp³-hybridized carbons (Fsp3) is 0.429. The lowest BCUT2D eigenvalue weighted by atomic mass is 10.00. The Morgan fingerprint density at radius 2 is 1.84 bits per heavy atom. The van der Waals surface area contributed by atoms with E-state index in [2.05, 4.69) is 46.6 Å². The molecule has 1 aromatic carbocycles. The first-order chi connectivity index (χ1) is 23.4. The molecule has 2 aliphatic heterocycles. The fourth-order valence-corrected chi connectivity index (χ4v) is 7.58. The number of piperidine rings is 1. The van der Waals surface area contributed by atoms with Crippen molar-refractivity contribution < 1.29 is 23.9 Å². The molecule has 2 N–H and O–H groups in total. The maximum Gasteiger partial charge on any atom is 0.323 e. The second kappa shape index (κ2) is 12.7. The summed E-state index contributed by atoms with van der Waals surface area (Å²) in [6, 6.07) is 6.02. The molecule has 14 heteroatoms. The minimum atomic E-state index is -0.821. The van der Waals surface area contributed by atoms with E-state index in [0.29, 0.717) is 40.0 Å². The average molecular weight is 730 g/mol. The number of nitrogens with zero attached hydrogens (tertiary/aromatic N) is 6. The van der Waals surface area contributed by atoms with Crippen LogP contribution in [0.3, 0.4) is 0 Å². The number of aryl methyl sites for hydroxylation is 3. The first-order valence-corrected chi connectivity index (χ1v) is 17.2. The van der Waals surface area contributed by atoms with Gasteiger partial charge in [-0.2, -0.15) is 5.10 Å². The Bertz CT molecular complexity index is 2010. The van der Waals surface area contributed by atoms with Gasteiger partial charge in [0.25, 0.3) is 0 Å². The van der Waals surface area contributed by atoms with E-state index in [0.717, 1.165) is 41.6 Å². The van der Waals surface area contributed by atoms with Gasteiger partial charge in [-0.05, 0) is 104 Å². The molecule has 5 heterocycles. The largest absolute Gasteiger partial charge is 0.464 e. The van der Waals surface area contributed by atoms with Crippen LogP contribution in [-0.2, 0) is 25.7 Å². The SMILES string of the molecule is CC(=O)c1nn(CC(=O)N2[C@H](C(=O)Nc3nc(Br)ccc3C)C[C@]3(COC(=O)[C@@H]4CCCN4)C[C@@H]23)c2c(C)cc(-c3cnc(C)nc3)cc12. The highest BCUT2D eigenvalue weighted by Gasteiger charge is 2.68. The zero-order valence-electron chi connectivity index (χ0n) is 27.7. The van der Waals surface area contributed by atoms with Crippen LogP contribution in [0, 0.1) is 26.2 Å². The normalized spacial score (nSPS) is 22.6. The van der Waals surface area contributed by atoms with Gasteiger partial charge in [0.05, 0.1) is 12.1 Å². The number of fused-ring (bicyclic) bond motifs is 2. The first-order valence-electron chi connectivity index (χ1n) is 16.4. The van der Waals surface area contributed by atoms with E-state index in [9.17, 15) is 19.2 Å². The van der Waals surface area contributed by atoms with E-state index in [1.54, 1.807) is 28.0 Å². The van der Waals surface area contributed by atoms with Crippen molar-refractivity contribution in [1.82, 2.24) is 34.9 Å². The summed E-state index contributed by atoms with van der Waals surface area (Å²) >= 11 is 3.37. The zero-order valence-corrected chi connectivity index (χ0v) is 29.3. The van der Waals surface area contributed by atoms with Crippen molar-refractivity contribution in [2.45, 2.75) is 78.0 Å². The van der Waals surface area contributed by atoms with Crippen molar-refractivity contribution >= 4 is 56.2 Å². The number of hydrogen-bond acceptors (Lipinski definition) is 10. The molecule has 49 heavy (non-hydrogen) atoms. The number of likely N-dealkylation sites (tertiary alicyclic amines) is 1. The number of Topliss-reactive ketones (excluding diaryl/α,β-unsaturated/α-hetero) is 1. The molecule has 2 amide bonds. The van der Waals surface area contributed by atoms with Gasteiger partial charge in [-0.15, -0.1) is 0 Å². The first kappa shape index (κ1) is 33.0. The summed E-state index contributed by atoms with van der Waals surface area (Å²) in [5.74, 6) is -0.171. The molecule has 0 unspecified atom stereocenters. The van der Waals surface area contributed by atoms with Crippen LogP contribution in [0.15, 0.2) is 41.3 Å². The second-order valence-corrected chi connectivity index (χ2v) is 14.2. The third kappa shape index (κ3) is 6.23. The van der Waals surface area contributed by atoms with Crippen molar-refractivity contribution in [3.05, 3.63) is 63.9 Å². The minimum Gasteiger partial charge on any atom is -0.464 e. The van der Waals surface area contributed by atoms with Crippen molar-refractivity contribution in [2.24, 2.45) is 5.41 Å². The van der Waals surface area contributed by atoms with E-state index in [4.69, 9.17) is 4.74 Å². The number of aromatic nitrogens is 5. The number of halogens is 1. The maximum atomic E-state index is 14.3. The monoisotopic (exact) mass is 728 g/mol. The van der Waals surface area contributed by atoms with Gasteiger partial charge in [-0.3, -0.25) is 23.9 Å². The molecule has 0 bridgehead atoms. The Kier molecular flexibility index (Phi) is 8.55. The highest BCUT2D eigenvalue weighted by Crippen LogP contribution is 2.60. The van der Waals surface area contributed by atoms with Crippen LogP contribution < -0.4 is 10.6 Å². The number of benzene rings is 1. The summed E-state index contributed by atoms with van der Waals surface area (Å²) < 4.78 is 7.91. The molecular weight excluding hydrogens is 692 g/mol. The van der Waals surface area contributed by atoms with Gasteiger partial charge in [-0.1, -0.05) is 6.07 Å². The molecule has 3 fully saturated rings. The molecule has 4 atom stereocenters. The lowest BCUT2D eigenvalue weighted by Crippen LogP contribution is -2.47. The Labute approximate surface area is 291 Å². The maximum absolute atomic E-state index is 14.3. The summed E-state index contributed by atoms with van der Waals surface area (Å²) in [5, 5.41) is 11.3. The minimum absolute atomic E-state index is 0.125. The van der Waals surface area contributed by atoms with Crippen LogP contribution in [0.2, 0.25) is 0 Å². The molecule has 3 aliphatic rings. The lowest BCUT2D eigenvalue weighted by Gasteiger charge is -2.27. The molecule has 3 aromatic heterocycles. The molecule has 7 rings (SSSR count). The molecule has 254 valence electrons. The van der Waals surface area contributed by atoms with Gasteiger partial charge in [0.1, 0.15) is 40.6 Å².